The van der Waals surface area contributed by atoms with Gasteiger partial charge in [-0.05, 0) is 54.5 Å². The van der Waals surface area contributed by atoms with Crippen LogP contribution in [-0.4, -0.2) is 28.6 Å². The molecule has 0 saturated heterocycles. The molecular weight excluding hydrogens is 460 g/mol. The Labute approximate surface area is 201 Å². The van der Waals surface area contributed by atoms with Gasteiger partial charge in [-0.1, -0.05) is 73.7 Å². The summed E-state index contributed by atoms with van der Waals surface area (Å²) in [6, 6.07) is 27.6. The smallest absolute Gasteiger partial charge is 0.275 e. The lowest BCUT2D eigenvalue weighted by molar-refractivity contribution is -0.534. The van der Waals surface area contributed by atoms with Gasteiger partial charge in [0.1, 0.15) is 5.69 Å². The molecule has 0 radical (unpaired) electrons. The SMILES string of the molecule is CCc1ccc(N2C3=[N+](CCCCC3)CC2(O)c2ccc(-c3ccccc3)cc2)cc1.[Br-]. The van der Waals surface area contributed by atoms with E-state index in [1.54, 1.807) is 0 Å². The molecule has 0 aliphatic carbocycles. The molecule has 2 aliphatic rings. The van der Waals surface area contributed by atoms with E-state index in [2.05, 4.69) is 89.2 Å². The third-order valence-electron chi connectivity index (χ3n) is 6.79. The summed E-state index contributed by atoms with van der Waals surface area (Å²) in [4.78, 5) is 2.20. The fourth-order valence-corrected chi connectivity index (χ4v) is 5.05. The van der Waals surface area contributed by atoms with Crippen LogP contribution in [0.4, 0.5) is 5.69 Å². The summed E-state index contributed by atoms with van der Waals surface area (Å²) in [6.07, 6.45) is 5.66. The van der Waals surface area contributed by atoms with Crippen molar-refractivity contribution in [3.8, 4) is 11.1 Å². The molecule has 2 aliphatic heterocycles. The Morgan fingerprint density at radius 2 is 1.53 bits per heavy atom. The molecule has 0 spiro atoms. The number of benzene rings is 3. The average Bonchev–Trinajstić information content (AvgIpc) is 2.95. The number of amidine groups is 1. The molecule has 0 fully saturated rings. The van der Waals surface area contributed by atoms with Crippen LogP contribution in [0.25, 0.3) is 11.1 Å². The Bertz CT molecular complexity index is 1080. The highest BCUT2D eigenvalue weighted by molar-refractivity contribution is 5.97. The lowest BCUT2D eigenvalue weighted by Crippen LogP contribution is -3.00. The van der Waals surface area contributed by atoms with Crippen LogP contribution >= 0.6 is 0 Å². The van der Waals surface area contributed by atoms with Gasteiger partial charge in [0.2, 0.25) is 0 Å². The second-order valence-electron chi connectivity index (χ2n) is 8.76. The van der Waals surface area contributed by atoms with E-state index in [-0.39, 0.29) is 17.0 Å². The lowest BCUT2D eigenvalue weighted by atomic mass is 9.96. The van der Waals surface area contributed by atoms with Gasteiger partial charge in [0.25, 0.3) is 11.6 Å². The molecule has 3 aromatic carbocycles. The highest BCUT2D eigenvalue weighted by atomic mass is 79.9. The largest absolute Gasteiger partial charge is 1.00 e. The van der Waals surface area contributed by atoms with Crippen molar-refractivity contribution >= 4 is 11.5 Å². The van der Waals surface area contributed by atoms with E-state index in [1.807, 2.05) is 6.07 Å². The van der Waals surface area contributed by atoms with E-state index in [1.165, 1.54) is 41.8 Å². The molecule has 0 bridgehead atoms. The Kier molecular flexibility index (Phi) is 6.82. The Morgan fingerprint density at radius 3 is 2.22 bits per heavy atom. The van der Waals surface area contributed by atoms with E-state index >= 15 is 0 Å². The minimum Gasteiger partial charge on any atom is -1.00 e. The predicted molar refractivity (Wildman–Crippen MR) is 128 cm³/mol. The van der Waals surface area contributed by atoms with Crippen LogP contribution in [0.3, 0.4) is 0 Å². The highest BCUT2D eigenvalue weighted by Crippen LogP contribution is 2.38. The van der Waals surface area contributed by atoms with Gasteiger partial charge in [-0.2, -0.15) is 4.90 Å². The second kappa shape index (κ2) is 9.60. The molecule has 2 heterocycles. The zero-order chi connectivity index (χ0) is 21.3. The Hall–Kier alpha value is -2.43. The van der Waals surface area contributed by atoms with Gasteiger partial charge in [-0.3, -0.25) is 4.58 Å². The number of anilines is 1. The molecule has 166 valence electrons. The van der Waals surface area contributed by atoms with Gasteiger partial charge in [-0.25, -0.2) is 0 Å². The topological polar surface area (TPSA) is 26.5 Å². The average molecular weight is 491 g/mol. The first-order valence-corrected chi connectivity index (χ1v) is 11.6. The maximum Gasteiger partial charge on any atom is 0.275 e. The third-order valence-corrected chi connectivity index (χ3v) is 6.79. The highest BCUT2D eigenvalue weighted by Gasteiger charge is 2.53. The minimum absolute atomic E-state index is 0. The number of halogens is 1. The second-order valence-corrected chi connectivity index (χ2v) is 8.76. The van der Waals surface area contributed by atoms with Gasteiger partial charge < -0.3 is 22.1 Å². The number of aliphatic hydroxyl groups is 1. The first kappa shape index (κ1) is 22.8. The standard InChI is InChI=1S/C28H31N2O.BrH/c1-2-22-12-18-26(19-13-22)30-27-11-7-4-8-20-29(27)21-28(30,31)25-16-14-24(15-17-25)23-9-5-3-6-10-23;/h3,5-6,9-10,12-19,31H,2,4,7-8,11,20-21H2,1H3;1H/q+1;/p-1. The number of hydrogen-bond acceptors (Lipinski definition) is 2. The zero-order valence-electron chi connectivity index (χ0n) is 18.7. The van der Waals surface area contributed by atoms with Crippen molar-refractivity contribution in [1.82, 2.24) is 0 Å². The van der Waals surface area contributed by atoms with Gasteiger partial charge >= 0.3 is 0 Å². The number of hydrogen-bond donors (Lipinski definition) is 1. The molecule has 1 N–H and O–H groups in total. The Balaban J connectivity index is 0.00000245. The van der Waals surface area contributed by atoms with Crippen molar-refractivity contribution in [2.75, 3.05) is 18.0 Å². The molecular formula is C28H31BrN2O. The summed E-state index contributed by atoms with van der Waals surface area (Å²) in [6.45, 7) is 3.81. The van der Waals surface area contributed by atoms with Gasteiger partial charge in [-0.15, -0.1) is 0 Å². The summed E-state index contributed by atoms with van der Waals surface area (Å²) >= 11 is 0. The number of rotatable bonds is 4. The van der Waals surface area contributed by atoms with Crippen LogP contribution in [0.15, 0.2) is 78.9 Å². The molecule has 32 heavy (non-hydrogen) atoms. The fraction of sp³-hybridized carbons (Fsp3) is 0.321. The maximum atomic E-state index is 12.1. The van der Waals surface area contributed by atoms with E-state index in [9.17, 15) is 5.11 Å². The lowest BCUT2D eigenvalue weighted by Gasteiger charge is -2.29. The Morgan fingerprint density at radius 1 is 0.844 bits per heavy atom. The van der Waals surface area contributed by atoms with E-state index in [0.717, 1.165) is 30.6 Å². The quantitative estimate of drug-likeness (QED) is 0.568. The summed E-state index contributed by atoms with van der Waals surface area (Å²) in [5, 5.41) is 12.1. The molecule has 3 aromatic rings. The van der Waals surface area contributed by atoms with Gasteiger partial charge in [0, 0.05) is 12.0 Å². The molecule has 0 aromatic heterocycles. The van der Waals surface area contributed by atoms with Crippen LogP contribution < -0.4 is 21.9 Å². The molecule has 5 rings (SSSR count). The summed E-state index contributed by atoms with van der Waals surface area (Å²) in [7, 11) is 0. The molecule has 3 nitrogen and oxygen atoms in total. The van der Waals surface area contributed by atoms with Crippen LogP contribution in [0.1, 0.15) is 43.7 Å². The van der Waals surface area contributed by atoms with Crippen LogP contribution in [0, 0.1) is 0 Å². The van der Waals surface area contributed by atoms with Crippen LogP contribution in [-0.2, 0) is 12.1 Å². The summed E-state index contributed by atoms with van der Waals surface area (Å²) < 4.78 is 2.41. The molecule has 1 unspecified atom stereocenters. The first-order chi connectivity index (χ1) is 15.2. The van der Waals surface area contributed by atoms with Crippen molar-refractivity contribution in [1.29, 1.82) is 0 Å². The van der Waals surface area contributed by atoms with Crippen molar-refractivity contribution in [3.63, 3.8) is 0 Å². The van der Waals surface area contributed by atoms with Crippen molar-refractivity contribution in [3.05, 3.63) is 90.0 Å². The molecule has 4 heteroatoms. The van der Waals surface area contributed by atoms with Crippen LogP contribution in [0.5, 0.6) is 0 Å². The molecule has 1 atom stereocenters. The minimum atomic E-state index is -1.06. The van der Waals surface area contributed by atoms with Crippen molar-refractivity contribution in [2.45, 2.75) is 44.8 Å². The van der Waals surface area contributed by atoms with Gasteiger partial charge in [0.05, 0.1) is 6.54 Å². The van der Waals surface area contributed by atoms with Gasteiger partial charge in [0.15, 0.2) is 6.54 Å². The molecule has 0 saturated carbocycles. The number of aryl methyl sites for hydroxylation is 1. The molecule has 0 amide bonds. The monoisotopic (exact) mass is 490 g/mol. The van der Waals surface area contributed by atoms with E-state index in [0.29, 0.717) is 6.54 Å². The summed E-state index contributed by atoms with van der Waals surface area (Å²) in [5.74, 6) is 1.26. The van der Waals surface area contributed by atoms with Crippen LogP contribution in [0.2, 0.25) is 0 Å². The first-order valence-electron chi connectivity index (χ1n) is 11.6. The van der Waals surface area contributed by atoms with Crippen molar-refractivity contribution in [2.24, 2.45) is 0 Å². The summed E-state index contributed by atoms with van der Waals surface area (Å²) in [5.41, 5.74) is 4.66. The predicted octanol–water partition coefficient (Wildman–Crippen LogP) is 2.57. The third kappa shape index (κ3) is 4.14. The normalized spacial score (nSPS) is 20.5. The number of nitrogens with zero attached hydrogens (tertiary/aromatic N) is 2. The van der Waals surface area contributed by atoms with E-state index < -0.39 is 5.72 Å². The van der Waals surface area contributed by atoms with Crippen molar-refractivity contribution < 1.29 is 26.7 Å². The maximum absolute atomic E-state index is 12.1. The fourth-order valence-electron chi connectivity index (χ4n) is 5.05. The van der Waals surface area contributed by atoms with E-state index in [4.69, 9.17) is 0 Å². The zero-order valence-corrected chi connectivity index (χ0v) is 20.3.